The number of nitrogens with zero attached hydrogens (tertiary/aromatic N) is 5. The molecular formula is C15H26BrIN6O2. The monoisotopic (exact) mass is 528 g/mol. The van der Waals surface area contributed by atoms with E-state index in [0.29, 0.717) is 25.0 Å². The number of aliphatic imine (C=N–C) groups is 1. The smallest absolute Gasteiger partial charge is 0.232 e. The Hall–Kier alpha value is -0.880. The third-order valence-electron chi connectivity index (χ3n) is 3.65. The molecule has 0 atom stereocenters. The van der Waals surface area contributed by atoms with Crippen molar-refractivity contribution in [3.8, 4) is 5.88 Å². The molecule has 0 amide bonds. The van der Waals surface area contributed by atoms with Gasteiger partial charge in [0, 0.05) is 39.8 Å². The lowest BCUT2D eigenvalue weighted by molar-refractivity contribution is 0.207. The SMILES string of the molecule is CCNC(=NCCOC)N1CCN(c2ncc(Br)c(OC)n2)CC1.I. The molecule has 142 valence electrons. The van der Waals surface area contributed by atoms with Crippen LogP contribution in [0, 0.1) is 0 Å². The predicted molar refractivity (Wildman–Crippen MR) is 113 cm³/mol. The quantitative estimate of drug-likeness (QED) is 0.260. The number of methoxy groups -OCH3 is 2. The van der Waals surface area contributed by atoms with Crippen LogP contribution in [-0.2, 0) is 4.74 Å². The zero-order chi connectivity index (χ0) is 17.4. The molecule has 2 heterocycles. The molecule has 0 saturated carbocycles. The number of hydrogen-bond acceptors (Lipinski definition) is 6. The van der Waals surface area contributed by atoms with E-state index in [-0.39, 0.29) is 24.0 Å². The molecule has 0 aliphatic carbocycles. The number of ether oxygens (including phenoxy) is 2. The lowest BCUT2D eigenvalue weighted by Gasteiger charge is -2.36. The fourth-order valence-electron chi connectivity index (χ4n) is 2.43. The molecule has 0 radical (unpaired) electrons. The first-order chi connectivity index (χ1) is 11.7. The average molecular weight is 529 g/mol. The highest BCUT2D eigenvalue weighted by Gasteiger charge is 2.22. The normalized spacial score (nSPS) is 15.0. The third-order valence-corrected chi connectivity index (χ3v) is 4.19. The number of aromatic nitrogens is 2. The fraction of sp³-hybridized carbons (Fsp3) is 0.667. The standard InChI is InChI=1S/C15H25BrN6O2.HI/c1-4-17-14(18-5-10-23-2)21-6-8-22(9-7-21)15-19-11-12(16)13(20-15)24-3;/h11H,4-10H2,1-3H3,(H,17,18);1H. The Morgan fingerprint density at radius 2 is 2.04 bits per heavy atom. The Morgan fingerprint density at radius 1 is 1.32 bits per heavy atom. The van der Waals surface area contributed by atoms with Gasteiger partial charge in [0.25, 0.3) is 0 Å². The summed E-state index contributed by atoms with van der Waals surface area (Å²) in [6, 6.07) is 0. The van der Waals surface area contributed by atoms with E-state index in [1.807, 2.05) is 0 Å². The summed E-state index contributed by atoms with van der Waals surface area (Å²) >= 11 is 3.38. The largest absolute Gasteiger partial charge is 0.480 e. The highest BCUT2D eigenvalue weighted by Crippen LogP contribution is 2.23. The minimum absolute atomic E-state index is 0. The molecule has 1 fully saturated rings. The van der Waals surface area contributed by atoms with Crippen LogP contribution < -0.4 is 15.0 Å². The fourth-order valence-corrected chi connectivity index (χ4v) is 2.78. The molecule has 1 aromatic heterocycles. The molecule has 25 heavy (non-hydrogen) atoms. The van der Waals surface area contributed by atoms with Crippen LogP contribution in [0.3, 0.4) is 0 Å². The Labute approximate surface area is 174 Å². The van der Waals surface area contributed by atoms with Gasteiger partial charge in [-0.3, -0.25) is 4.99 Å². The van der Waals surface area contributed by atoms with Gasteiger partial charge in [-0.1, -0.05) is 0 Å². The molecule has 1 aromatic rings. The van der Waals surface area contributed by atoms with E-state index >= 15 is 0 Å². The molecule has 0 spiro atoms. The van der Waals surface area contributed by atoms with E-state index in [2.05, 4.69) is 52.9 Å². The van der Waals surface area contributed by atoms with E-state index in [4.69, 9.17) is 9.47 Å². The molecule has 1 saturated heterocycles. The highest BCUT2D eigenvalue weighted by molar-refractivity contribution is 14.0. The lowest BCUT2D eigenvalue weighted by atomic mass is 10.3. The number of anilines is 1. The van der Waals surface area contributed by atoms with Crippen molar-refractivity contribution < 1.29 is 9.47 Å². The summed E-state index contributed by atoms with van der Waals surface area (Å²) in [4.78, 5) is 17.8. The van der Waals surface area contributed by atoms with Crippen LogP contribution in [0.2, 0.25) is 0 Å². The van der Waals surface area contributed by atoms with Gasteiger partial charge in [-0.25, -0.2) is 4.98 Å². The maximum atomic E-state index is 5.25. The van der Waals surface area contributed by atoms with Crippen LogP contribution >= 0.6 is 39.9 Å². The first kappa shape index (κ1) is 22.2. The Balaban J connectivity index is 0.00000312. The van der Waals surface area contributed by atoms with Crippen LogP contribution in [-0.4, -0.2) is 80.9 Å². The zero-order valence-electron chi connectivity index (χ0n) is 14.9. The topological polar surface area (TPSA) is 75.1 Å². The van der Waals surface area contributed by atoms with Gasteiger partial charge in [0.15, 0.2) is 5.96 Å². The second-order valence-electron chi connectivity index (χ2n) is 5.23. The van der Waals surface area contributed by atoms with Gasteiger partial charge in [0.2, 0.25) is 11.8 Å². The summed E-state index contributed by atoms with van der Waals surface area (Å²) in [5.74, 6) is 2.18. The van der Waals surface area contributed by atoms with Crippen LogP contribution in [0.4, 0.5) is 5.95 Å². The van der Waals surface area contributed by atoms with E-state index in [1.54, 1.807) is 20.4 Å². The number of rotatable bonds is 6. The number of nitrogens with one attached hydrogen (secondary N) is 1. The molecule has 0 bridgehead atoms. The number of piperazine rings is 1. The Kier molecular flexibility index (Phi) is 10.4. The van der Waals surface area contributed by atoms with Crippen LogP contribution in [0.25, 0.3) is 0 Å². The molecule has 2 rings (SSSR count). The third kappa shape index (κ3) is 6.41. The van der Waals surface area contributed by atoms with E-state index in [0.717, 1.165) is 43.2 Å². The zero-order valence-corrected chi connectivity index (χ0v) is 18.8. The van der Waals surface area contributed by atoms with Gasteiger partial charge in [0.05, 0.1) is 30.9 Å². The van der Waals surface area contributed by atoms with Gasteiger partial charge >= 0.3 is 0 Å². The van der Waals surface area contributed by atoms with Crippen LogP contribution in [0.15, 0.2) is 15.7 Å². The summed E-state index contributed by atoms with van der Waals surface area (Å²) in [7, 11) is 3.29. The van der Waals surface area contributed by atoms with Crippen molar-refractivity contribution in [2.75, 3.05) is 65.0 Å². The van der Waals surface area contributed by atoms with Gasteiger partial charge in [-0.05, 0) is 22.9 Å². The van der Waals surface area contributed by atoms with E-state index in [1.165, 1.54) is 0 Å². The Morgan fingerprint density at radius 3 is 2.64 bits per heavy atom. The maximum absolute atomic E-state index is 5.25. The molecule has 10 heteroatoms. The number of hydrogen-bond donors (Lipinski definition) is 1. The van der Waals surface area contributed by atoms with Crippen molar-refractivity contribution in [1.29, 1.82) is 0 Å². The van der Waals surface area contributed by atoms with E-state index in [9.17, 15) is 0 Å². The van der Waals surface area contributed by atoms with Crippen LogP contribution in [0.1, 0.15) is 6.92 Å². The van der Waals surface area contributed by atoms with Crippen molar-refractivity contribution in [2.24, 2.45) is 4.99 Å². The summed E-state index contributed by atoms with van der Waals surface area (Å²) in [6.07, 6.45) is 1.73. The molecule has 1 aliphatic heterocycles. The average Bonchev–Trinajstić information content (AvgIpc) is 2.62. The Bertz CT molecular complexity index is 555. The number of halogens is 2. The summed E-state index contributed by atoms with van der Waals surface area (Å²) in [5, 5.41) is 3.34. The summed E-state index contributed by atoms with van der Waals surface area (Å²) in [6.45, 7) is 7.59. The first-order valence-corrected chi connectivity index (χ1v) is 8.82. The molecule has 0 unspecified atom stereocenters. The molecule has 1 aliphatic rings. The highest BCUT2D eigenvalue weighted by atomic mass is 127. The molecular weight excluding hydrogens is 503 g/mol. The molecule has 0 aromatic carbocycles. The second-order valence-corrected chi connectivity index (χ2v) is 6.08. The van der Waals surface area contributed by atoms with Crippen molar-refractivity contribution in [3.05, 3.63) is 10.7 Å². The lowest BCUT2D eigenvalue weighted by Crippen LogP contribution is -2.53. The second kappa shape index (κ2) is 11.7. The van der Waals surface area contributed by atoms with Gasteiger partial charge < -0.3 is 24.6 Å². The van der Waals surface area contributed by atoms with Gasteiger partial charge in [-0.2, -0.15) is 4.98 Å². The minimum Gasteiger partial charge on any atom is -0.480 e. The summed E-state index contributed by atoms with van der Waals surface area (Å²) in [5.41, 5.74) is 0. The van der Waals surface area contributed by atoms with Gasteiger partial charge in [-0.15, -0.1) is 24.0 Å². The van der Waals surface area contributed by atoms with Gasteiger partial charge in [0.1, 0.15) is 0 Å². The van der Waals surface area contributed by atoms with E-state index < -0.39 is 0 Å². The number of guanidine groups is 1. The van der Waals surface area contributed by atoms with Crippen molar-refractivity contribution in [3.63, 3.8) is 0 Å². The van der Waals surface area contributed by atoms with Crippen molar-refractivity contribution >= 4 is 51.8 Å². The maximum Gasteiger partial charge on any atom is 0.232 e. The summed E-state index contributed by atoms with van der Waals surface area (Å²) < 4.78 is 11.1. The molecule has 1 N–H and O–H groups in total. The van der Waals surface area contributed by atoms with Crippen molar-refractivity contribution in [2.45, 2.75) is 6.92 Å². The first-order valence-electron chi connectivity index (χ1n) is 8.03. The molecule has 8 nitrogen and oxygen atoms in total. The minimum atomic E-state index is 0. The van der Waals surface area contributed by atoms with Crippen molar-refractivity contribution in [1.82, 2.24) is 20.2 Å². The van der Waals surface area contributed by atoms with Crippen LogP contribution in [0.5, 0.6) is 5.88 Å². The predicted octanol–water partition coefficient (Wildman–Crippen LogP) is 1.60.